The number of aromatic amines is 1. The Hall–Kier alpha value is -1.88. The Kier molecular flexibility index (Phi) is 4.63. The quantitative estimate of drug-likeness (QED) is 0.515. The van der Waals surface area contributed by atoms with Crippen LogP contribution < -0.4 is 4.74 Å². The number of hydrogen-bond donors (Lipinski definition) is 1. The van der Waals surface area contributed by atoms with Crippen LogP contribution in [0.15, 0.2) is 22.7 Å². The van der Waals surface area contributed by atoms with Crippen molar-refractivity contribution in [3.8, 4) is 5.75 Å². The largest absolute Gasteiger partial charge is 0.423 e. The first-order valence-electron chi connectivity index (χ1n) is 6.62. The molecule has 0 fully saturated rings. The molecule has 5 heteroatoms. The van der Waals surface area contributed by atoms with Crippen molar-refractivity contribution >= 4 is 28.2 Å². The third-order valence-corrected chi connectivity index (χ3v) is 4.10. The summed E-state index contributed by atoms with van der Waals surface area (Å²) in [5, 5.41) is 0. The number of hydrogen-bond acceptors (Lipinski definition) is 3. The molecule has 0 atom stereocenters. The predicted octanol–water partition coefficient (Wildman–Crippen LogP) is 3.99. The molecule has 110 valence electrons. The minimum atomic E-state index is -0.532. The summed E-state index contributed by atoms with van der Waals surface area (Å²) in [5.74, 6) is -0.0886. The van der Waals surface area contributed by atoms with E-state index in [9.17, 15) is 9.59 Å². The molecule has 0 saturated carbocycles. The van der Waals surface area contributed by atoms with E-state index in [1.54, 1.807) is 26.0 Å². The number of ether oxygens (including phenoxy) is 1. The van der Waals surface area contributed by atoms with E-state index in [2.05, 4.69) is 20.9 Å². The Morgan fingerprint density at radius 3 is 2.62 bits per heavy atom. The number of aldehydes is 1. The number of nitrogens with one attached hydrogen (secondary N) is 1. The van der Waals surface area contributed by atoms with Crippen LogP contribution in [0.2, 0.25) is 0 Å². The van der Waals surface area contributed by atoms with Gasteiger partial charge in [0.2, 0.25) is 0 Å². The van der Waals surface area contributed by atoms with Crippen LogP contribution in [0.1, 0.15) is 44.6 Å². The normalized spacial score (nSPS) is 10.5. The zero-order chi connectivity index (χ0) is 15.6. The zero-order valence-electron chi connectivity index (χ0n) is 12.1. The number of aryl methyl sites for hydroxylation is 3. The molecular weight excluding hydrogens is 334 g/mol. The van der Waals surface area contributed by atoms with Gasteiger partial charge in [-0.3, -0.25) is 4.79 Å². The van der Waals surface area contributed by atoms with Crippen molar-refractivity contribution in [2.45, 2.75) is 27.2 Å². The van der Waals surface area contributed by atoms with Crippen molar-refractivity contribution in [3.63, 3.8) is 0 Å². The number of carbonyl (C=O) groups is 2. The van der Waals surface area contributed by atoms with Crippen LogP contribution in [0.3, 0.4) is 0 Å². The molecule has 0 amide bonds. The van der Waals surface area contributed by atoms with Crippen molar-refractivity contribution < 1.29 is 14.3 Å². The molecule has 0 bridgehead atoms. The van der Waals surface area contributed by atoms with Crippen LogP contribution >= 0.6 is 15.9 Å². The smallest absolute Gasteiger partial charge is 0.346 e. The average Bonchev–Trinajstić information content (AvgIpc) is 2.72. The highest BCUT2D eigenvalue weighted by atomic mass is 79.9. The van der Waals surface area contributed by atoms with E-state index >= 15 is 0 Å². The summed E-state index contributed by atoms with van der Waals surface area (Å²) in [4.78, 5) is 26.4. The summed E-state index contributed by atoms with van der Waals surface area (Å²) >= 11 is 3.45. The Morgan fingerprint density at radius 1 is 1.33 bits per heavy atom. The highest BCUT2D eigenvalue weighted by molar-refractivity contribution is 9.10. The maximum Gasteiger partial charge on any atom is 0.346 e. The van der Waals surface area contributed by atoms with Gasteiger partial charge in [0.25, 0.3) is 0 Å². The van der Waals surface area contributed by atoms with Crippen molar-refractivity contribution in [3.05, 3.63) is 50.8 Å². The SMILES string of the molecule is CCc1ccc(OC(=O)c2c(C)[nH]c(C)c2C=O)cc1Br. The first-order valence-corrected chi connectivity index (χ1v) is 7.42. The molecular formula is C16H16BrNO3. The van der Waals surface area contributed by atoms with Crippen molar-refractivity contribution in [1.29, 1.82) is 0 Å². The number of benzene rings is 1. The second-order valence-corrected chi connectivity index (χ2v) is 5.63. The molecule has 1 N–H and O–H groups in total. The van der Waals surface area contributed by atoms with Gasteiger partial charge in [-0.2, -0.15) is 0 Å². The number of esters is 1. The fraction of sp³-hybridized carbons (Fsp3) is 0.250. The molecule has 0 aliphatic rings. The first kappa shape index (κ1) is 15.5. The van der Waals surface area contributed by atoms with Gasteiger partial charge in [-0.25, -0.2) is 4.79 Å². The van der Waals surface area contributed by atoms with Gasteiger partial charge in [-0.1, -0.05) is 28.9 Å². The lowest BCUT2D eigenvalue weighted by atomic mass is 10.1. The number of H-pyrrole nitrogens is 1. The van der Waals surface area contributed by atoms with E-state index in [1.807, 2.05) is 13.0 Å². The lowest BCUT2D eigenvalue weighted by molar-refractivity contribution is 0.0731. The monoisotopic (exact) mass is 349 g/mol. The number of rotatable bonds is 4. The van der Waals surface area contributed by atoms with E-state index < -0.39 is 5.97 Å². The summed E-state index contributed by atoms with van der Waals surface area (Å²) in [6.45, 7) is 5.54. The molecule has 2 aromatic rings. The summed E-state index contributed by atoms with van der Waals surface area (Å²) in [6.07, 6.45) is 1.56. The lowest BCUT2D eigenvalue weighted by Crippen LogP contribution is -2.11. The molecule has 0 spiro atoms. The average molecular weight is 350 g/mol. The third-order valence-electron chi connectivity index (χ3n) is 3.36. The maximum atomic E-state index is 12.3. The molecule has 1 aromatic heterocycles. The first-order chi connectivity index (χ1) is 9.97. The minimum Gasteiger partial charge on any atom is -0.423 e. The topological polar surface area (TPSA) is 59.2 Å². The minimum absolute atomic E-state index is 0.290. The van der Waals surface area contributed by atoms with E-state index in [0.717, 1.165) is 16.5 Å². The Morgan fingerprint density at radius 2 is 2.05 bits per heavy atom. The molecule has 0 saturated heterocycles. The maximum absolute atomic E-state index is 12.3. The van der Waals surface area contributed by atoms with Crippen molar-refractivity contribution in [2.75, 3.05) is 0 Å². The fourth-order valence-corrected chi connectivity index (χ4v) is 2.89. The lowest BCUT2D eigenvalue weighted by Gasteiger charge is -2.07. The number of aromatic nitrogens is 1. The van der Waals surface area contributed by atoms with Crippen LogP contribution in [0.5, 0.6) is 5.75 Å². The van der Waals surface area contributed by atoms with Crippen LogP contribution in [-0.4, -0.2) is 17.2 Å². The summed E-state index contributed by atoms with van der Waals surface area (Å²) in [6, 6.07) is 5.41. The van der Waals surface area contributed by atoms with Gasteiger partial charge < -0.3 is 9.72 Å². The van der Waals surface area contributed by atoms with Gasteiger partial charge in [0.1, 0.15) is 5.75 Å². The fourth-order valence-electron chi connectivity index (χ4n) is 2.25. The second-order valence-electron chi connectivity index (χ2n) is 4.78. The summed E-state index contributed by atoms with van der Waals surface area (Å²) < 4.78 is 6.27. The van der Waals surface area contributed by atoms with Crippen LogP contribution in [-0.2, 0) is 6.42 Å². The van der Waals surface area contributed by atoms with Gasteiger partial charge in [0, 0.05) is 21.4 Å². The van der Waals surface area contributed by atoms with Gasteiger partial charge in [0.05, 0.1) is 5.56 Å². The second kappa shape index (κ2) is 6.26. The van der Waals surface area contributed by atoms with Crippen LogP contribution in [0.4, 0.5) is 0 Å². The van der Waals surface area contributed by atoms with Crippen LogP contribution in [0, 0.1) is 13.8 Å². The summed E-state index contributed by atoms with van der Waals surface area (Å²) in [7, 11) is 0. The Labute approximate surface area is 131 Å². The van der Waals surface area contributed by atoms with Crippen molar-refractivity contribution in [1.82, 2.24) is 4.98 Å². The Bertz CT molecular complexity index is 704. The van der Waals surface area contributed by atoms with E-state index in [-0.39, 0.29) is 5.56 Å². The number of halogens is 1. The molecule has 0 aliphatic carbocycles. The Balaban J connectivity index is 2.30. The number of carbonyl (C=O) groups excluding carboxylic acids is 2. The highest BCUT2D eigenvalue weighted by Crippen LogP contribution is 2.25. The van der Waals surface area contributed by atoms with Gasteiger partial charge in [0.15, 0.2) is 6.29 Å². The van der Waals surface area contributed by atoms with Gasteiger partial charge in [-0.05, 0) is 38.0 Å². The molecule has 21 heavy (non-hydrogen) atoms. The van der Waals surface area contributed by atoms with Gasteiger partial charge in [-0.15, -0.1) is 0 Å². The molecule has 1 heterocycles. The van der Waals surface area contributed by atoms with E-state index in [4.69, 9.17) is 4.74 Å². The summed E-state index contributed by atoms with van der Waals surface area (Å²) in [5.41, 5.74) is 3.07. The molecule has 0 unspecified atom stereocenters. The molecule has 0 radical (unpaired) electrons. The molecule has 0 aliphatic heterocycles. The molecule has 1 aromatic carbocycles. The highest BCUT2D eigenvalue weighted by Gasteiger charge is 2.21. The molecule has 2 rings (SSSR count). The molecule has 4 nitrogen and oxygen atoms in total. The predicted molar refractivity (Wildman–Crippen MR) is 84.1 cm³/mol. The standard InChI is InChI=1S/C16H16BrNO3/c1-4-11-5-6-12(7-14(11)17)21-16(20)15-10(3)18-9(2)13(15)8-19/h5-8,18H,4H2,1-3H3. The van der Waals surface area contributed by atoms with Gasteiger partial charge >= 0.3 is 5.97 Å². The third kappa shape index (κ3) is 3.08. The van der Waals surface area contributed by atoms with E-state index in [1.165, 1.54) is 0 Å². The van der Waals surface area contributed by atoms with Crippen molar-refractivity contribution in [2.24, 2.45) is 0 Å². The van der Waals surface area contributed by atoms with E-state index in [0.29, 0.717) is 29.0 Å². The zero-order valence-corrected chi connectivity index (χ0v) is 13.7. The van der Waals surface area contributed by atoms with Crippen LogP contribution in [0.25, 0.3) is 0 Å².